The second kappa shape index (κ2) is 4.92. The molecule has 94 valence electrons. The van der Waals surface area contributed by atoms with Gasteiger partial charge in [0.25, 0.3) is 0 Å². The smallest absolute Gasteiger partial charge is 0.240 e. The number of carbonyl (C=O) groups excluding carboxylic acids is 1. The van der Waals surface area contributed by atoms with Crippen molar-refractivity contribution in [3.8, 4) is 0 Å². The van der Waals surface area contributed by atoms with Gasteiger partial charge < -0.3 is 11.1 Å². The Balaban J connectivity index is 0.00000128. The van der Waals surface area contributed by atoms with Crippen LogP contribution < -0.4 is 11.1 Å². The molecule has 0 heterocycles. The number of amides is 1. The van der Waals surface area contributed by atoms with Crippen molar-refractivity contribution in [1.82, 2.24) is 5.32 Å². The highest BCUT2D eigenvalue weighted by atomic mass is 35.5. The van der Waals surface area contributed by atoms with Gasteiger partial charge in [-0.05, 0) is 37.5 Å². The summed E-state index contributed by atoms with van der Waals surface area (Å²) < 4.78 is 0. The van der Waals surface area contributed by atoms with Crippen molar-refractivity contribution in [2.24, 2.45) is 11.1 Å². The molecule has 0 aromatic rings. The van der Waals surface area contributed by atoms with Crippen LogP contribution in [-0.4, -0.2) is 18.0 Å². The van der Waals surface area contributed by atoms with Crippen molar-refractivity contribution < 1.29 is 4.79 Å². The first-order chi connectivity index (χ1) is 7.10. The van der Waals surface area contributed by atoms with Crippen LogP contribution in [0.2, 0.25) is 0 Å². The fourth-order valence-corrected chi connectivity index (χ4v) is 2.59. The first-order valence-corrected chi connectivity index (χ1v) is 6.17. The van der Waals surface area contributed by atoms with Gasteiger partial charge in [0.2, 0.25) is 5.91 Å². The maximum Gasteiger partial charge on any atom is 0.240 e. The molecule has 0 aliphatic heterocycles. The first-order valence-electron chi connectivity index (χ1n) is 6.17. The Morgan fingerprint density at radius 1 is 1.25 bits per heavy atom. The summed E-state index contributed by atoms with van der Waals surface area (Å²) in [4.78, 5) is 11.7. The van der Waals surface area contributed by atoms with E-state index >= 15 is 0 Å². The van der Waals surface area contributed by atoms with Crippen LogP contribution >= 0.6 is 12.4 Å². The van der Waals surface area contributed by atoms with Gasteiger partial charge in [-0.25, -0.2) is 0 Å². The zero-order chi connectivity index (χ0) is 10.9. The summed E-state index contributed by atoms with van der Waals surface area (Å²) in [7, 11) is 0. The maximum atomic E-state index is 11.7. The van der Waals surface area contributed by atoms with Crippen LogP contribution in [0.5, 0.6) is 0 Å². The Morgan fingerprint density at radius 2 is 1.81 bits per heavy atom. The molecule has 0 bridgehead atoms. The lowest BCUT2D eigenvalue weighted by atomic mass is 9.83. The van der Waals surface area contributed by atoms with E-state index in [9.17, 15) is 4.79 Å². The number of hydrogen-bond donors (Lipinski definition) is 2. The number of halogens is 1. The maximum absolute atomic E-state index is 11.7. The SMILES string of the molecule is CCC1(CNC(=O)C2(N)CC2)CCCC1.Cl. The highest BCUT2D eigenvalue weighted by Gasteiger charge is 2.46. The zero-order valence-corrected chi connectivity index (χ0v) is 10.9. The average Bonchev–Trinajstić information content (AvgIpc) is 2.84. The summed E-state index contributed by atoms with van der Waals surface area (Å²) in [5.74, 6) is 0.0715. The second-order valence-electron chi connectivity index (χ2n) is 5.40. The molecule has 1 amide bonds. The Bertz CT molecular complexity index is 258. The van der Waals surface area contributed by atoms with Gasteiger partial charge in [0, 0.05) is 6.54 Å². The molecule has 4 heteroatoms. The topological polar surface area (TPSA) is 55.1 Å². The van der Waals surface area contributed by atoms with E-state index in [1.54, 1.807) is 0 Å². The molecule has 0 aromatic heterocycles. The van der Waals surface area contributed by atoms with Crippen LogP contribution in [0.1, 0.15) is 51.9 Å². The van der Waals surface area contributed by atoms with Gasteiger partial charge in [-0.2, -0.15) is 0 Å². The standard InChI is InChI=1S/C12H22N2O.ClH/c1-2-11(5-3-4-6-11)9-14-10(15)12(13)7-8-12;/h2-9,13H2,1H3,(H,14,15);1H. The van der Waals surface area contributed by atoms with Crippen molar-refractivity contribution in [2.75, 3.05) is 6.54 Å². The molecule has 0 aromatic carbocycles. The van der Waals surface area contributed by atoms with E-state index in [0.29, 0.717) is 5.41 Å². The normalized spacial score (nSPS) is 24.6. The molecule has 3 nitrogen and oxygen atoms in total. The third-order valence-electron chi connectivity index (χ3n) is 4.28. The minimum absolute atomic E-state index is 0. The molecule has 0 saturated heterocycles. The number of rotatable bonds is 4. The van der Waals surface area contributed by atoms with Crippen LogP contribution in [0.3, 0.4) is 0 Å². The molecular formula is C12H23ClN2O. The first kappa shape index (κ1) is 13.8. The van der Waals surface area contributed by atoms with E-state index in [-0.39, 0.29) is 18.3 Å². The Hall–Kier alpha value is -0.280. The third-order valence-corrected chi connectivity index (χ3v) is 4.28. The molecule has 0 spiro atoms. The quantitative estimate of drug-likeness (QED) is 0.797. The van der Waals surface area contributed by atoms with Crippen LogP contribution in [0.25, 0.3) is 0 Å². The average molecular weight is 247 g/mol. The summed E-state index contributed by atoms with van der Waals surface area (Å²) >= 11 is 0. The summed E-state index contributed by atoms with van der Waals surface area (Å²) in [5, 5.41) is 3.05. The van der Waals surface area contributed by atoms with E-state index in [4.69, 9.17) is 5.73 Å². The van der Waals surface area contributed by atoms with Crippen LogP contribution in [0.15, 0.2) is 0 Å². The van der Waals surface area contributed by atoms with Gasteiger partial charge in [0.15, 0.2) is 0 Å². The molecule has 0 atom stereocenters. The molecular weight excluding hydrogens is 224 g/mol. The van der Waals surface area contributed by atoms with Crippen molar-refractivity contribution in [3.63, 3.8) is 0 Å². The number of nitrogens with one attached hydrogen (secondary N) is 1. The highest BCUT2D eigenvalue weighted by molar-refractivity contribution is 5.88. The fourth-order valence-electron chi connectivity index (χ4n) is 2.59. The van der Waals surface area contributed by atoms with Crippen LogP contribution in [0, 0.1) is 5.41 Å². The molecule has 16 heavy (non-hydrogen) atoms. The highest BCUT2D eigenvalue weighted by Crippen LogP contribution is 2.40. The third kappa shape index (κ3) is 2.69. The minimum Gasteiger partial charge on any atom is -0.354 e. The summed E-state index contributed by atoms with van der Waals surface area (Å²) in [6.45, 7) is 3.06. The number of hydrogen-bond acceptors (Lipinski definition) is 2. The molecule has 2 fully saturated rings. The monoisotopic (exact) mass is 246 g/mol. The number of carbonyl (C=O) groups is 1. The van der Waals surface area contributed by atoms with E-state index in [1.807, 2.05) is 0 Å². The fraction of sp³-hybridized carbons (Fsp3) is 0.917. The molecule has 2 aliphatic rings. The minimum atomic E-state index is -0.506. The van der Waals surface area contributed by atoms with E-state index < -0.39 is 5.54 Å². The van der Waals surface area contributed by atoms with E-state index in [2.05, 4.69) is 12.2 Å². The molecule has 2 aliphatic carbocycles. The Labute approximate surface area is 104 Å². The molecule has 2 rings (SSSR count). The van der Waals surface area contributed by atoms with Crippen molar-refractivity contribution in [1.29, 1.82) is 0 Å². The molecule has 2 saturated carbocycles. The summed E-state index contributed by atoms with van der Waals surface area (Å²) in [5.41, 5.74) is 5.72. The van der Waals surface area contributed by atoms with Crippen molar-refractivity contribution >= 4 is 18.3 Å². The second-order valence-corrected chi connectivity index (χ2v) is 5.40. The molecule has 0 unspecified atom stereocenters. The van der Waals surface area contributed by atoms with Crippen LogP contribution in [-0.2, 0) is 4.79 Å². The van der Waals surface area contributed by atoms with Gasteiger partial charge in [-0.3, -0.25) is 4.79 Å². The van der Waals surface area contributed by atoms with Crippen LogP contribution in [0.4, 0.5) is 0 Å². The predicted molar refractivity (Wildman–Crippen MR) is 67.6 cm³/mol. The van der Waals surface area contributed by atoms with E-state index in [1.165, 1.54) is 32.1 Å². The van der Waals surface area contributed by atoms with Crippen molar-refractivity contribution in [2.45, 2.75) is 57.4 Å². The zero-order valence-electron chi connectivity index (χ0n) is 10.1. The lowest BCUT2D eigenvalue weighted by molar-refractivity contribution is -0.123. The predicted octanol–water partition coefficient (Wildman–Crippen LogP) is 1.99. The van der Waals surface area contributed by atoms with Gasteiger partial charge in [-0.15, -0.1) is 12.4 Å². The van der Waals surface area contributed by atoms with Gasteiger partial charge in [0.05, 0.1) is 5.54 Å². The largest absolute Gasteiger partial charge is 0.354 e. The summed E-state index contributed by atoms with van der Waals surface area (Å²) in [6.07, 6.45) is 8.05. The van der Waals surface area contributed by atoms with E-state index in [0.717, 1.165) is 19.4 Å². The van der Waals surface area contributed by atoms with Gasteiger partial charge in [-0.1, -0.05) is 19.8 Å². The summed E-state index contributed by atoms with van der Waals surface area (Å²) in [6, 6.07) is 0. The lowest BCUT2D eigenvalue weighted by Crippen LogP contribution is -2.46. The molecule has 0 radical (unpaired) electrons. The van der Waals surface area contributed by atoms with Crippen molar-refractivity contribution in [3.05, 3.63) is 0 Å². The number of nitrogens with two attached hydrogens (primary N) is 1. The molecule has 3 N–H and O–H groups in total. The van der Waals surface area contributed by atoms with Gasteiger partial charge >= 0.3 is 0 Å². The Morgan fingerprint density at radius 3 is 2.25 bits per heavy atom. The Kier molecular flexibility index (Phi) is 4.24. The lowest BCUT2D eigenvalue weighted by Gasteiger charge is -2.28. The van der Waals surface area contributed by atoms with Gasteiger partial charge in [0.1, 0.15) is 0 Å².